The summed E-state index contributed by atoms with van der Waals surface area (Å²) in [6.07, 6.45) is 8.07. The highest BCUT2D eigenvalue weighted by molar-refractivity contribution is 7.87. The highest BCUT2D eigenvalue weighted by Gasteiger charge is 2.29. The molecule has 0 spiro atoms. The van der Waals surface area contributed by atoms with Gasteiger partial charge in [0.25, 0.3) is 0 Å². The van der Waals surface area contributed by atoms with Gasteiger partial charge in [-0.2, -0.15) is 16.8 Å². The summed E-state index contributed by atoms with van der Waals surface area (Å²) >= 11 is 0. The normalized spacial score (nSPS) is 13.7. The van der Waals surface area contributed by atoms with Crippen LogP contribution < -0.4 is 8.37 Å². The predicted octanol–water partition coefficient (Wildman–Crippen LogP) is 9.59. The lowest BCUT2D eigenvalue weighted by Crippen LogP contribution is -2.18. The molecule has 1 aliphatic carbocycles. The van der Waals surface area contributed by atoms with Gasteiger partial charge in [0.2, 0.25) is 0 Å². The minimum absolute atomic E-state index is 0.0338. The average Bonchev–Trinajstić information content (AvgIpc) is 3.50. The van der Waals surface area contributed by atoms with Crippen LogP contribution in [0.1, 0.15) is 22.3 Å². The predicted molar refractivity (Wildman–Crippen MR) is 212 cm³/mol. The smallest absolute Gasteiger partial charge is 0.339 e. The van der Waals surface area contributed by atoms with Gasteiger partial charge in [0.05, 0.1) is 0 Å². The monoisotopic (exact) mass is 747 g/mol. The van der Waals surface area contributed by atoms with E-state index in [-0.39, 0.29) is 21.3 Å². The Morgan fingerprint density at radius 3 is 1.26 bits per heavy atom. The summed E-state index contributed by atoms with van der Waals surface area (Å²) in [6, 6.07) is 46.5. The Morgan fingerprint density at radius 2 is 0.852 bits per heavy atom. The standard InChI is InChI=1S/C45H33NO6S2/c1-46-44(33-14-6-2-7-15-33)28-32(29-45(46)34-16-8-3-9-17-34)22-25-41-42-30-37(53(47,48)51-35-18-10-4-11-19-35)23-26-39(42)40-27-24-38(31-43(40)41)54(49,50)52-36-20-12-5-13-21-36/h2-31H,1H3. The second-order valence-corrected chi connectivity index (χ2v) is 15.8. The van der Waals surface area contributed by atoms with Crippen LogP contribution in [-0.2, 0) is 20.2 Å². The van der Waals surface area contributed by atoms with Crippen molar-refractivity contribution in [1.82, 2.24) is 4.90 Å². The molecular formula is C45H33NO6S2. The molecule has 1 heterocycles. The van der Waals surface area contributed by atoms with Crippen molar-refractivity contribution in [3.8, 4) is 22.6 Å². The van der Waals surface area contributed by atoms with Gasteiger partial charge in [0.15, 0.2) is 0 Å². The lowest BCUT2D eigenvalue weighted by atomic mass is 9.97. The third-order valence-electron chi connectivity index (χ3n) is 9.24. The molecule has 0 saturated carbocycles. The Labute approximate surface area is 315 Å². The Morgan fingerprint density at radius 1 is 0.463 bits per heavy atom. The first-order valence-corrected chi connectivity index (χ1v) is 20.0. The fourth-order valence-corrected chi connectivity index (χ4v) is 8.54. The summed E-state index contributed by atoms with van der Waals surface area (Å²) in [6.45, 7) is 0. The van der Waals surface area contributed by atoms with Crippen LogP contribution in [-0.4, -0.2) is 28.8 Å². The van der Waals surface area contributed by atoms with Gasteiger partial charge < -0.3 is 13.3 Å². The van der Waals surface area contributed by atoms with Crippen LogP contribution in [0.3, 0.4) is 0 Å². The molecule has 9 heteroatoms. The van der Waals surface area contributed by atoms with Gasteiger partial charge in [0.1, 0.15) is 21.3 Å². The molecule has 0 unspecified atom stereocenters. The van der Waals surface area contributed by atoms with Gasteiger partial charge in [-0.3, -0.25) is 0 Å². The molecular weight excluding hydrogens is 715 g/mol. The maximum absolute atomic E-state index is 13.5. The zero-order valence-electron chi connectivity index (χ0n) is 29.0. The van der Waals surface area contributed by atoms with E-state index in [1.165, 1.54) is 12.1 Å². The molecule has 0 N–H and O–H groups in total. The molecule has 6 aromatic rings. The van der Waals surface area contributed by atoms with Crippen molar-refractivity contribution in [3.63, 3.8) is 0 Å². The van der Waals surface area contributed by atoms with E-state index in [1.807, 2.05) is 55.6 Å². The number of rotatable bonds is 9. The lowest BCUT2D eigenvalue weighted by Gasteiger charge is -2.30. The quantitative estimate of drug-likeness (QED) is 0.136. The minimum atomic E-state index is -4.21. The van der Waals surface area contributed by atoms with Crippen molar-refractivity contribution < 1.29 is 25.2 Å². The van der Waals surface area contributed by atoms with Gasteiger partial charge >= 0.3 is 20.2 Å². The Balaban J connectivity index is 1.28. The molecule has 0 bridgehead atoms. The van der Waals surface area contributed by atoms with Gasteiger partial charge in [-0.1, -0.05) is 121 Å². The van der Waals surface area contributed by atoms with Crippen molar-refractivity contribution in [1.29, 1.82) is 0 Å². The summed E-state index contributed by atoms with van der Waals surface area (Å²) < 4.78 is 65.1. The van der Waals surface area contributed by atoms with Crippen molar-refractivity contribution in [2.24, 2.45) is 0 Å². The highest BCUT2D eigenvalue weighted by Crippen LogP contribution is 2.46. The second kappa shape index (κ2) is 14.2. The molecule has 266 valence electrons. The number of para-hydroxylation sites is 2. The zero-order chi connectivity index (χ0) is 37.3. The van der Waals surface area contributed by atoms with Crippen molar-refractivity contribution in [2.45, 2.75) is 9.79 Å². The van der Waals surface area contributed by atoms with Crippen LogP contribution in [0.2, 0.25) is 0 Å². The van der Waals surface area contributed by atoms with E-state index in [2.05, 4.69) is 41.3 Å². The van der Waals surface area contributed by atoms with E-state index in [0.717, 1.165) is 39.2 Å². The van der Waals surface area contributed by atoms with Crippen molar-refractivity contribution in [3.05, 3.63) is 210 Å². The van der Waals surface area contributed by atoms with Crippen LogP contribution >= 0.6 is 0 Å². The number of fused-ring (bicyclic) bond motifs is 3. The number of hydrogen-bond acceptors (Lipinski definition) is 7. The highest BCUT2D eigenvalue weighted by atomic mass is 32.2. The van der Waals surface area contributed by atoms with E-state index in [9.17, 15) is 16.8 Å². The van der Waals surface area contributed by atoms with Crippen molar-refractivity contribution in [2.75, 3.05) is 7.05 Å². The van der Waals surface area contributed by atoms with Gasteiger partial charge in [0, 0.05) is 18.4 Å². The molecule has 8 rings (SSSR count). The SMILES string of the molecule is CN1C(c2ccccc2)=CC(=CC=C2c3cc(S(=O)(=O)Oc4ccccc4)ccc3-c3ccc(S(=O)(=O)Oc4ccccc4)cc32)C=C1c1ccccc1. The number of hydrogen-bond donors (Lipinski definition) is 0. The van der Waals surface area contributed by atoms with Gasteiger partial charge in [-0.05, 0) is 105 Å². The number of nitrogens with zero attached hydrogens (tertiary/aromatic N) is 1. The van der Waals surface area contributed by atoms with Crippen molar-refractivity contribution >= 4 is 37.2 Å². The summed E-state index contributed by atoms with van der Waals surface area (Å²) in [7, 11) is -6.39. The van der Waals surface area contributed by atoms with Crippen LogP contribution in [0.15, 0.2) is 197 Å². The van der Waals surface area contributed by atoms with Gasteiger partial charge in [-0.25, -0.2) is 0 Å². The first-order chi connectivity index (χ1) is 26.2. The Kier molecular flexibility index (Phi) is 9.11. The first kappa shape index (κ1) is 34.7. The maximum atomic E-state index is 13.5. The maximum Gasteiger partial charge on any atom is 0.339 e. The summed E-state index contributed by atoms with van der Waals surface area (Å²) in [5.41, 5.74) is 8.34. The largest absolute Gasteiger partial charge is 0.379 e. The zero-order valence-corrected chi connectivity index (χ0v) is 30.7. The van der Waals surface area contributed by atoms with Crippen LogP contribution in [0.5, 0.6) is 11.5 Å². The van der Waals surface area contributed by atoms with E-state index in [4.69, 9.17) is 8.37 Å². The molecule has 0 fully saturated rings. The van der Waals surface area contributed by atoms with E-state index in [1.54, 1.807) is 84.9 Å². The molecule has 0 amide bonds. The van der Waals surface area contributed by atoms with E-state index < -0.39 is 20.2 Å². The van der Waals surface area contributed by atoms with Gasteiger partial charge in [-0.15, -0.1) is 0 Å². The first-order valence-electron chi connectivity index (χ1n) is 17.1. The molecule has 0 atom stereocenters. The molecule has 6 aromatic carbocycles. The molecule has 0 radical (unpaired) electrons. The molecule has 2 aliphatic rings. The topological polar surface area (TPSA) is 90.0 Å². The third-order valence-corrected chi connectivity index (χ3v) is 11.7. The van der Waals surface area contributed by atoms with E-state index in [0.29, 0.717) is 16.7 Å². The third kappa shape index (κ3) is 6.90. The average molecular weight is 748 g/mol. The van der Waals surface area contributed by atoms with Crippen LogP contribution in [0, 0.1) is 0 Å². The molecule has 7 nitrogen and oxygen atoms in total. The summed E-state index contributed by atoms with van der Waals surface area (Å²) in [4.78, 5) is 2.09. The van der Waals surface area contributed by atoms with E-state index >= 15 is 0 Å². The molecule has 54 heavy (non-hydrogen) atoms. The Hall–Kier alpha value is -6.42. The summed E-state index contributed by atoms with van der Waals surface area (Å²) in [5, 5.41) is 0. The van der Waals surface area contributed by atoms with Crippen LogP contribution in [0.25, 0.3) is 28.1 Å². The fourth-order valence-electron chi connectivity index (χ4n) is 6.63. The lowest BCUT2D eigenvalue weighted by molar-refractivity contribution is 0.484. The van der Waals surface area contributed by atoms with Crippen LogP contribution in [0.4, 0.5) is 0 Å². The second-order valence-electron chi connectivity index (χ2n) is 12.7. The molecule has 0 aromatic heterocycles. The minimum Gasteiger partial charge on any atom is -0.379 e. The Bertz CT molecular complexity index is 2540. The number of allylic oxidation sites excluding steroid dienone is 5. The number of benzene rings is 6. The molecule has 0 saturated heterocycles. The summed E-state index contributed by atoms with van der Waals surface area (Å²) in [5.74, 6) is 0.388. The molecule has 1 aliphatic heterocycles. The fraction of sp³-hybridized carbons (Fsp3) is 0.0222.